The third kappa shape index (κ3) is 3.03. The predicted octanol–water partition coefficient (Wildman–Crippen LogP) is 2.47. The quantitative estimate of drug-likeness (QED) is 0.831. The van der Waals surface area contributed by atoms with Crippen LogP contribution in [-0.2, 0) is 4.74 Å². The molecule has 0 radical (unpaired) electrons. The first kappa shape index (κ1) is 13.1. The molecule has 1 N–H and O–H groups in total. The lowest BCUT2D eigenvalue weighted by Crippen LogP contribution is -2.40. The Labute approximate surface area is 98.2 Å². The third-order valence-electron chi connectivity index (χ3n) is 2.86. The van der Waals surface area contributed by atoms with E-state index >= 15 is 0 Å². The molecule has 1 rings (SSSR count). The zero-order valence-corrected chi connectivity index (χ0v) is 10.9. The number of aromatic nitrogens is 1. The molecule has 16 heavy (non-hydrogen) atoms. The molecule has 0 saturated heterocycles. The summed E-state index contributed by atoms with van der Waals surface area (Å²) in [5.41, 5.74) is 2.10. The average molecular weight is 222 g/mol. The fraction of sp³-hybridized carbons (Fsp3) is 0.615. The molecule has 1 atom stereocenters. The zero-order valence-electron chi connectivity index (χ0n) is 10.9. The topological polar surface area (TPSA) is 34.2 Å². The fourth-order valence-corrected chi connectivity index (χ4v) is 1.82. The summed E-state index contributed by atoms with van der Waals surface area (Å²) in [5.74, 6) is 0. The Bertz CT molecular complexity index is 336. The monoisotopic (exact) mass is 222 g/mol. The zero-order chi connectivity index (χ0) is 12.2. The van der Waals surface area contributed by atoms with Crippen molar-refractivity contribution in [3.05, 3.63) is 29.6 Å². The Hall–Kier alpha value is -0.930. The van der Waals surface area contributed by atoms with Gasteiger partial charge >= 0.3 is 0 Å². The van der Waals surface area contributed by atoms with Gasteiger partial charge in [0.1, 0.15) is 0 Å². The van der Waals surface area contributed by atoms with Crippen LogP contribution in [0.25, 0.3) is 0 Å². The van der Waals surface area contributed by atoms with Crippen LogP contribution in [-0.4, -0.2) is 24.2 Å². The number of methoxy groups -OCH3 is 1. The van der Waals surface area contributed by atoms with Crippen molar-refractivity contribution in [2.45, 2.75) is 39.3 Å². The maximum Gasteiger partial charge on any atom is 0.0817 e. The van der Waals surface area contributed by atoms with Crippen molar-refractivity contribution >= 4 is 0 Å². The molecule has 0 aromatic carbocycles. The number of aryl methyl sites for hydroxylation is 1. The molecule has 3 heteroatoms. The van der Waals surface area contributed by atoms with Crippen molar-refractivity contribution in [1.82, 2.24) is 10.3 Å². The standard InChI is InChI=1S/C13H22N2O/c1-6-15-12(13(3,4)16-5)11-7-10(2)8-14-9-11/h7-9,12,15H,6H2,1-5H3. The Balaban J connectivity index is 3.02. The van der Waals surface area contributed by atoms with Gasteiger partial charge in [-0.3, -0.25) is 4.98 Å². The van der Waals surface area contributed by atoms with Gasteiger partial charge in [0.05, 0.1) is 11.6 Å². The number of hydrogen-bond acceptors (Lipinski definition) is 3. The van der Waals surface area contributed by atoms with E-state index < -0.39 is 0 Å². The lowest BCUT2D eigenvalue weighted by atomic mass is 9.92. The number of pyridine rings is 1. The van der Waals surface area contributed by atoms with E-state index in [1.165, 1.54) is 11.1 Å². The van der Waals surface area contributed by atoms with Gasteiger partial charge in [0.15, 0.2) is 0 Å². The number of likely N-dealkylation sites (N-methyl/N-ethyl adjacent to an activating group) is 1. The van der Waals surface area contributed by atoms with Crippen molar-refractivity contribution < 1.29 is 4.74 Å². The van der Waals surface area contributed by atoms with E-state index in [2.05, 4.69) is 44.1 Å². The van der Waals surface area contributed by atoms with Crippen molar-refractivity contribution in [3.8, 4) is 0 Å². The summed E-state index contributed by atoms with van der Waals surface area (Å²) in [7, 11) is 1.74. The van der Waals surface area contributed by atoms with Crippen LogP contribution in [0.4, 0.5) is 0 Å². The van der Waals surface area contributed by atoms with Crippen LogP contribution in [0.1, 0.15) is 37.9 Å². The van der Waals surface area contributed by atoms with Gasteiger partial charge < -0.3 is 10.1 Å². The molecule has 1 aromatic rings. The van der Waals surface area contributed by atoms with E-state index in [1.807, 2.05) is 12.4 Å². The van der Waals surface area contributed by atoms with E-state index in [1.54, 1.807) is 7.11 Å². The number of ether oxygens (including phenoxy) is 1. The van der Waals surface area contributed by atoms with Crippen LogP contribution in [0.5, 0.6) is 0 Å². The molecule has 0 aliphatic carbocycles. The van der Waals surface area contributed by atoms with E-state index in [9.17, 15) is 0 Å². The average Bonchev–Trinajstić information content (AvgIpc) is 2.25. The second-order valence-corrected chi connectivity index (χ2v) is 4.59. The normalized spacial score (nSPS) is 13.8. The summed E-state index contributed by atoms with van der Waals surface area (Å²) < 4.78 is 5.56. The number of nitrogens with zero attached hydrogens (tertiary/aromatic N) is 1. The second-order valence-electron chi connectivity index (χ2n) is 4.59. The highest BCUT2D eigenvalue weighted by atomic mass is 16.5. The fourth-order valence-electron chi connectivity index (χ4n) is 1.82. The summed E-state index contributed by atoms with van der Waals surface area (Å²) in [5, 5.41) is 3.45. The maximum atomic E-state index is 5.56. The number of nitrogens with one attached hydrogen (secondary N) is 1. The number of hydrogen-bond donors (Lipinski definition) is 1. The van der Waals surface area contributed by atoms with Crippen molar-refractivity contribution in [2.75, 3.05) is 13.7 Å². The second kappa shape index (κ2) is 5.41. The van der Waals surface area contributed by atoms with Crippen LogP contribution in [0.15, 0.2) is 18.5 Å². The van der Waals surface area contributed by atoms with Crippen molar-refractivity contribution in [2.24, 2.45) is 0 Å². The SMILES string of the molecule is CCNC(c1cncc(C)c1)C(C)(C)OC. The molecule has 0 amide bonds. The lowest BCUT2D eigenvalue weighted by Gasteiger charge is -2.34. The first-order chi connectivity index (χ1) is 7.51. The molecule has 0 aliphatic heterocycles. The Morgan fingerprint density at radius 1 is 1.44 bits per heavy atom. The molecular weight excluding hydrogens is 200 g/mol. The summed E-state index contributed by atoms with van der Waals surface area (Å²) in [6.07, 6.45) is 3.77. The third-order valence-corrected chi connectivity index (χ3v) is 2.86. The predicted molar refractivity (Wildman–Crippen MR) is 66.5 cm³/mol. The summed E-state index contributed by atoms with van der Waals surface area (Å²) in [4.78, 5) is 4.24. The van der Waals surface area contributed by atoms with Gasteiger partial charge in [-0.15, -0.1) is 0 Å². The van der Waals surface area contributed by atoms with Gasteiger partial charge in [-0.1, -0.05) is 13.0 Å². The summed E-state index contributed by atoms with van der Waals surface area (Å²) >= 11 is 0. The minimum atomic E-state index is -0.245. The molecule has 90 valence electrons. The molecule has 1 unspecified atom stereocenters. The molecule has 0 spiro atoms. The molecule has 1 aromatic heterocycles. The minimum absolute atomic E-state index is 0.162. The highest BCUT2D eigenvalue weighted by molar-refractivity contribution is 5.22. The number of rotatable bonds is 5. The molecule has 0 saturated carbocycles. The smallest absolute Gasteiger partial charge is 0.0817 e. The van der Waals surface area contributed by atoms with Gasteiger partial charge in [-0.05, 0) is 38.4 Å². The maximum absolute atomic E-state index is 5.56. The highest BCUT2D eigenvalue weighted by Crippen LogP contribution is 2.28. The first-order valence-corrected chi connectivity index (χ1v) is 5.71. The van der Waals surface area contributed by atoms with Gasteiger partial charge in [-0.2, -0.15) is 0 Å². The van der Waals surface area contributed by atoms with Gasteiger partial charge in [-0.25, -0.2) is 0 Å². The molecule has 0 fully saturated rings. The van der Waals surface area contributed by atoms with Gasteiger partial charge in [0.25, 0.3) is 0 Å². The molecule has 0 bridgehead atoms. The first-order valence-electron chi connectivity index (χ1n) is 5.71. The molecular formula is C13H22N2O. The van der Waals surface area contributed by atoms with Crippen LogP contribution in [0, 0.1) is 6.92 Å². The van der Waals surface area contributed by atoms with E-state index in [-0.39, 0.29) is 11.6 Å². The van der Waals surface area contributed by atoms with Gasteiger partial charge in [0, 0.05) is 19.5 Å². The molecule has 0 aliphatic rings. The Morgan fingerprint density at radius 3 is 2.62 bits per heavy atom. The van der Waals surface area contributed by atoms with Crippen molar-refractivity contribution in [3.63, 3.8) is 0 Å². The van der Waals surface area contributed by atoms with Crippen LogP contribution in [0.3, 0.4) is 0 Å². The Morgan fingerprint density at radius 2 is 2.12 bits per heavy atom. The minimum Gasteiger partial charge on any atom is -0.377 e. The van der Waals surface area contributed by atoms with E-state index in [4.69, 9.17) is 4.74 Å². The van der Waals surface area contributed by atoms with Crippen LogP contribution >= 0.6 is 0 Å². The molecule has 3 nitrogen and oxygen atoms in total. The summed E-state index contributed by atoms with van der Waals surface area (Å²) in [6.45, 7) is 9.23. The molecule has 1 heterocycles. The van der Waals surface area contributed by atoms with Gasteiger partial charge in [0.2, 0.25) is 0 Å². The van der Waals surface area contributed by atoms with Crippen LogP contribution in [0.2, 0.25) is 0 Å². The van der Waals surface area contributed by atoms with Crippen LogP contribution < -0.4 is 5.32 Å². The van der Waals surface area contributed by atoms with E-state index in [0.29, 0.717) is 0 Å². The van der Waals surface area contributed by atoms with E-state index in [0.717, 1.165) is 6.54 Å². The summed E-state index contributed by atoms with van der Waals surface area (Å²) in [6, 6.07) is 2.32. The largest absolute Gasteiger partial charge is 0.377 e. The highest BCUT2D eigenvalue weighted by Gasteiger charge is 2.30. The van der Waals surface area contributed by atoms with Crippen molar-refractivity contribution in [1.29, 1.82) is 0 Å². The Kier molecular flexibility index (Phi) is 4.44. The lowest BCUT2D eigenvalue weighted by molar-refractivity contribution is -0.0107.